The molecule has 8 heteroatoms. The summed E-state index contributed by atoms with van der Waals surface area (Å²) in [5.41, 5.74) is 0.338. The van der Waals surface area contributed by atoms with Gasteiger partial charge in [-0.2, -0.15) is 0 Å². The lowest BCUT2D eigenvalue weighted by atomic mass is 9.81. The van der Waals surface area contributed by atoms with E-state index in [1.54, 1.807) is 25.3 Å². The summed E-state index contributed by atoms with van der Waals surface area (Å²) in [4.78, 5) is 15.3. The minimum atomic E-state index is -0.862. The molecule has 0 N–H and O–H groups in total. The number of methoxy groups -OCH3 is 1. The van der Waals surface area contributed by atoms with Gasteiger partial charge in [-0.3, -0.25) is 15.1 Å². The van der Waals surface area contributed by atoms with Crippen molar-refractivity contribution in [3.8, 4) is 5.75 Å². The lowest BCUT2D eigenvalue weighted by Crippen LogP contribution is -2.28. The number of halogens is 2. The zero-order chi connectivity index (χ0) is 24.7. The predicted molar refractivity (Wildman–Crippen MR) is 126 cm³/mol. The molecular weight excluding hydrogens is 442 g/mol. The number of benzene rings is 3. The Balaban J connectivity index is 1.87. The number of nitrogens with zero attached hydrogens (tertiary/aromatic N) is 2. The molecule has 0 aliphatic rings. The molecule has 1 atom stereocenters. The van der Waals surface area contributed by atoms with Crippen molar-refractivity contribution in [1.29, 1.82) is 0 Å². The molecule has 0 bridgehead atoms. The van der Waals surface area contributed by atoms with Crippen molar-refractivity contribution in [2.45, 2.75) is 26.5 Å². The van der Waals surface area contributed by atoms with Crippen molar-refractivity contribution in [2.24, 2.45) is 10.4 Å². The van der Waals surface area contributed by atoms with E-state index in [0.717, 1.165) is 29.5 Å². The van der Waals surface area contributed by atoms with Crippen LogP contribution in [0.2, 0.25) is 0 Å². The Labute approximate surface area is 197 Å². The summed E-state index contributed by atoms with van der Waals surface area (Å²) in [6, 6.07) is 15.8. The van der Waals surface area contributed by atoms with Crippen LogP contribution in [-0.4, -0.2) is 24.9 Å². The Morgan fingerprint density at radius 3 is 2.47 bits per heavy atom. The number of hydrogen-bond donors (Lipinski definition) is 0. The topological polar surface area (TPSA) is 74.0 Å². The van der Waals surface area contributed by atoms with Gasteiger partial charge in [0.1, 0.15) is 17.4 Å². The summed E-state index contributed by atoms with van der Waals surface area (Å²) in [5, 5.41) is 11.4. The number of nitro groups is 1. The maximum absolute atomic E-state index is 14.7. The van der Waals surface area contributed by atoms with Crippen LogP contribution < -0.4 is 4.74 Å². The van der Waals surface area contributed by atoms with Gasteiger partial charge in [-0.1, -0.05) is 38.1 Å². The molecule has 6 nitrogen and oxygen atoms in total. The van der Waals surface area contributed by atoms with Gasteiger partial charge in [0.25, 0.3) is 5.69 Å². The van der Waals surface area contributed by atoms with Crippen LogP contribution in [0.3, 0.4) is 0 Å². The molecule has 3 aromatic carbocycles. The third kappa shape index (κ3) is 6.23. The minimum absolute atomic E-state index is 0.0490. The lowest BCUT2D eigenvalue weighted by Gasteiger charge is -2.32. The van der Waals surface area contributed by atoms with Gasteiger partial charge in [0, 0.05) is 23.3 Å². The fourth-order valence-corrected chi connectivity index (χ4v) is 3.58. The molecule has 34 heavy (non-hydrogen) atoms. The summed E-state index contributed by atoms with van der Waals surface area (Å²) >= 11 is 0. The van der Waals surface area contributed by atoms with Crippen LogP contribution in [0.4, 0.5) is 14.5 Å². The van der Waals surface area contributed by atoms with Crippen LogP contribution >= 0.6 is 0 Å². The van der Waals surface area contributed by atoms with Gasteiger partial charge in [0.05, 0.1) is 36.9 Å². The van der Waals surface area contributed by atoms with E-state index in [9.17, 15) is 18.9 Å². The summed E-state index contributed by atoms with van der Waals surface area (Å²) < 4.78 is 39.8. The molecule has 0 saturated heterocycles. The number of para-hydroxylation sites is 1. The lowest BCUT2D eigenvalue weighted by molar-refractivity contribution is -0.385. The first-order chi connectivity index (χ1) is 16.2. The fourth-order valence-electron chi connectivity index (χ4n) is 3.58. The standard InChI is InChI=1S/C26H26F2N2O4/c1-26(2,17-34-16-18-8-11-21(33-3)12-9-18)25(22-14-20(27)10-13-23(22)28)29-15-19-6-4-5-7-24(19)30(31)32/h4-15,25H,16-17H2,1-3H3/b29-15+. The molecule has 0 aromatic heterocycles. The Morgan fingerprint density at radius 1 is 1.09 bits per heavy atom. The van der Waals surface area contributed by atoms with Crippen LogP contribution in [0.15, 0.2) is 71.7 Å². The van der Waals surface area contributed by atoms with E-state index >= 15 is 0 Å². The average Bonchev–Trinajstić information content (AvgIpc) is 2.81. The quantitative estimate of drug-likeness (QED) is 0.199. The highest BCUT2D eigenvalue weighted by Crippen LogP contribution is 2.39. The Bertz CT molecular complexity index is 1160. The van der Waals surface area contributed by atoms with Crippen molar-refractivity contribution in [2.75, 3.05) is 13.7 Å². The third-order valence-corrected chi connectivity index (χ3v) is 5.39. The number of ether oxygens (including phenoxy) is 2. The maximum Gasteiger partial charge on any atom is 0.278 e. The van der Waals surface area contributed by atoms with Crippen molar-refractivity contribution >= 4 is 11.9 Å². The van der Waals surface area contributed by atoms with Crippen molar-refractivity contribution in [3.63, 3.8) is 0 Å². The Hall–Kier alpha value is -3.65. The first-order valence-corrected chi connectivity index (χ1v) is 10.6. The molecule has 0 fully saturated rings. The van der Waals surface area contributed by atoms with Crippen molar-refractivity contribution in [3.05, 3.63) is 105 Å². The highest BCUT2D eigenvalue weighted by atomic mass is 19.1. The number of aliphatic imine (C=N–C) groups is 1. The number of nitro benzene ring substituents is 1. The van der Waals surface area contributed by atoms with Gasteiger partial charge < -0.3 is 9.47 Å². The normalized spacial score (nSPS) is 12.6. The first kappa shape index (κ1) is 25.0. The van der Waals surface area contributed by atoms with Gasteiger partial charge in [0.2, 0.25) is 0 Å². The molecule has 1 unspecified atom stereocenters. The molecular formula is C26H26F2N2O4. The van der Waals surface area contributed by atoms with E-state index < -0.39 is 28.0 Å². The SMILES string of the molecule is COc1ccc(COCC(C)(C)C(/N=C/c2ccccc2[N+](=O)[O-])c2cc(F)ccc2F)cc1. The van der Waals surface area contributed by atoms with Crippen molar-refractivity contribution in [1.82, 2.24) is 0 Å². The monoisotopic (exact) mass is 468 g/mol. The second-order valence-electron chi connectivity index (χ2n) is 8.49. The van der Waals surface area contributed by atoms with Gasteiger partial charge >= 0.3 is 0 Å². The highest BCUT2D eigenvalue weighted by Gasteiger charge is 2.33. The van der Waals surface area contributed by atoms with Gasteiger partial charge in [-0.15, -0.1) is 0 Å². The Kier molecular flexibility index (Phi) is 8.07. The van der Waals surface area contributed by atoms with Crippen LogP contribution in [0.25, 0.3) is 0 Å². The van der Waals surface area contributed by atoms with Gasteiger partial charge in [-0.05, 0) is 42.0 Å². The first-order valence-electron chi connectivity index (χ1n) is 10.6. The summed E-state index contributed by atoms with van der Waals surface area (Å²) in [7, 11) is 1.59. The average molecular weight is 469 g/mol. The molecule has 0 saturated carbocycles. The van der Waals surface area contributed by atoms with Crippen molar-refractivity contribution < 1.29 is 23.2 Å². The van der Waals surface area contributed by atoms with E-state index in [4.69, 9.17) is 9.47 Å². The van der Waals surface area contributed by atoms with Crippen LogP contribution in [0.1, 0.15) is 36.6 Å². The molecule has 3 rings (SSSR count). The van der Waals surface area contributed by atoms with E-state index in [-0.39, 0.29) is 23.4 Å². The van der Waals surface area contributed by atoms with E-state index in [1.165, 1.54) is 12.3 Å². The van der Waals surface area contributed by atoms with Crippen LogP contribution in [-0.2, 0) is 11.3 Å². The van der Waals surface area contributed by atoms with Crippen LogP contribution in [0, 0.1) is 27.2 Å². The zero-order valence-corrected chi connectivity index (χ0v) is 19.2. The minimum Gasteiger partial charge on any atom is -0.497 e. The number of rotatable bonds is 10. The summed E-state index contributed by atoms with van der Waals surface area (Å²) in [5.74, 6) is -0.485. The molecule has 0 amide bonds. The summed E-state index contributed by atoms with van der Waals surface area (Å²) in [6.45, 7) is 4.13. The fraction of sp³-hybridized carbons (Fsp3) is 0.269. The Morgan fingerprint density at radius 2 is 1.79 bits per heavy atom. The second-order valence-corrected chi connectivity index (χ2v) is 8.49. The molecule has 0 aliphatic carbocycles. The second kappa shape index (κ2) is 11.0. The molecule has 0 spiro atoms. The van der Waals surface area contributed by atoms with Gasteiger partial charge in [-0.25, -0.2) is 8.78 Å². The predicted octanol–water partition coefficient (Wildman–Crippen LogP) is 6.28. The smallest absolute Gasteiger partial charge is 0.278 e. The van der Waals surface area contributed by atoms with Crippen LogP contribution in [0.5, 0.6) is 5.75 Å². The molecule has 0 radical (unpaired) electrons. The highest BCUT2D eigenvalue weighted by molar-refractivity contribution is 5.85. The largest absolute Gasteiger partial charge is 0.497 e. The maximum atomic E-state index is 14.7. The molecule has 3 aromatic rings. The molecule has 178 valence electrons. The summed E-state index contributed by atoms with van der Waals surface area (Å²) in [6.07, 6.45) is 1.33. The van der Waals surface area contributed by atoms with Gasteiger partial charge in [0.15, 0.2) is 0 Å². The molecule has 0 heterocycles. The third-order valence-electron chi connectivity index (χ3n) is 5.39. The van der Waals surface area contributed by atoms with E-state index in [0.29, 0.717) is 6.61 Å². The van der Waals surface area contributed by atoms with E-state index in [1.807, 2.05) is 38.1 Å². The zero-order valence-electron chi connectivity index (χ0n) is 19.2. The van der Waals surface area contributed by atoms with E-state index in [2.05, 4.69) is 4.99 Å². The number of hydrogen-bond acceptors (Lipinski definition) is 5. The molecule has 0 aliphatic heterocycles.